The van der Waals surface area contributed by atoms with Gasteiger partial charge in [0.1, 0.15) is 5.75 Å². The Bertz CT molecular complexity index is 363. The smallest absolute Gasteiger partial charge is 0.118 e. The van der Waals surface area contributed by atoms with Crippen molar-refractivity contribution in [1.29, 1.82) is 0 Å². The van der Waals surface area contributed by atoms with Crippen LogP contribution in [0.3, 0.4) is 0 Å². The average molecular weight is 266 g/mol. The fourth-order valence-electron chi connectivity index (χ4n) is 2.46. The number of nitrogens with zero attached hydrogens (tertiary/aromatic N) is 1. The Hall–Kier alpha value is -0.710. The molecule has 0 saturated carbocycles. The van der Waals surface area contributed by atoms with Crippen molar-refractivity contribution in [3.05, 3.63) is 29.8 Å². The fourth-order valence-corrected chi connectivity index (χ4v) is 3.74. The molecule has 0 bridgehead atoms. The highest BCUT2D eigenvalue weighted by molar-refractivity contribution is 7.99. The number of thioether (sulfide) groups is 1. The number of nitrogens with two attached hydrogens (primary N) is 1. The van der Waals surface area contributed by atoms with Gasteiger partial charge in [-0.05, 0) is 36.9 Å². The Labute approximate surface area is 114 Å². The number of hydrogen-bond donors (Lipinski definition) is 1. The van der Waals surface area contributed by atoms with Gasteiger partial charge < -0.3 is 10.5 Å². The van der Waals surface area contributed by atoms with Crippen LogP contribution < -0.4 is 10.5 Å². The summed E-state index contributed by atoms with van der Waals surface area (Å²) in [6.45, 7) is 0.657. The van der Waals surface area contributed by atoms with Crippen LogP contribution in [0.15, 0.2) is 24.3 Å². The summed E-state index contributed by atoms with van der Waals surface area (Å²) in [6, 6.07) is 9.22. The zero-order chi connectivity index (χ0) is 13.0. The molecule has 100 valence electrons. The van der Waals surface area contributed by atoms with Gasteiger partial charge in [0.15, 0.2) is 0 Å². The van der Waals surface area contributed by atoms with Crippen molar-refractivity contribution in [3.63, 3.8) is 0 Å². The standard InChI is InChI=1S/C14H22N2OS/c1-16(12-7-8-18-10-12)14(9-15)11-3-5-13(17-2)6-4-11/h3-6,12,14H,7-10,15H2,1-2H3. The van der Waals surface area contributed by atoms with Crippen LogP contribution in [0.4, 0.5) is 0 Å². The van der Waals surface area contributed by atoms with Crippen molar-refractivity contribution >= 4 is 11.8 Å². The minimum absolute atomic E-state index is 0.305. The lowest BCUT2D eigenvalue weighted by atomic mass is 10.0. The molecular weight excluding hydrogens is 244 g/mol. The molecule has 4 heteroatoms. The van der Waals surface area contributed by atoms with E-state index in [-0.39, 0.29) is 0 Å². The molecule has 1 saturated heterocycles. The molecule has 1 heterocycles. The Kier molecular flexibility index (Phi) is 4.92. The van der Waals surface area contributed by atoms with E-state index in [0.29, 0.717) is 18.6 Å². The Morgan fingerprint density at radius 2 is 2.17 bits per heavy atom. The molecule has 0 radical (unpaired) electrons. The Balaban J connectivity index is 2.10. The van der Waals surface area contributed by atoms with Gasteiger partial charge in [-0.2, -0.15) is 11.8 Å². The highest BCUT2D eigenvalue weighted by atomic mass is 32.2. The highest BCUT2D eigenvalue weighted by Gasteiger charge is 2.26. The van der Waals surface area contributed by atoms with Gasteiger partial charge >= 0.3 is 0 Å². The van der Waals surface area contributed by atoms with Crippen LogP contribution >= 0.6 is 11.8 Å². The summed E-state index contributed by atoms with van der Waals surface area (Å²) in [6.07, 6.45) is 1.27. The van der Waals surface area contributed by atoms with E-state index < -0.39 is 0 Å². The first-order chi connectivity index (χ1) is 8.76. The molecule has 1 aromatic rings. The lowest BCUT2D eigenvalue weighted by Gasteiger charge is -2.32. The van der Waals surface area contributed by atoms with E-state index in [1.807, 2.05) is 23.9 Å². The van der Waals surface area contributed by atoms with Gasteiger partial charge in [-0.25, -0.2) is 0 Å². The van der Waals surface area contributed by atoms with Crippen molar-refractivity contribution in [2.24, 2.45) is 5.73 Å². The molecule has 2 rings (SSSR count). The van der Waals surface area contributed by atoms with Gasteiger partial charge in [-0.1, -0.05) is 12.1 Å². The minimum Gasteiger partial charge on any atom is -0.497 e. The van der Waals surface area contributed by atoms with Gasteiger partial charge in [0.05, 0.1) is 7.11 Å². The molecule has 18 heavy (non-hydrogen) atoms. The SMILES string of the molecule is COc1ccc(C(CN)N(C)C2CCSC2)cc1. The number of benzene rings is 1. The number of methoxy groups -OCH3 is 1. The number of likely N-dealkylation sites (N-methyl/N-ethyl adjacent to an activating group) is 1. The lowest BCUT2D eigenvalue weighted by molar-refractivity contribution is 0.193. The maximum absolute atomic E-state index is 5.96. The molecule has 0 aromatic heterocycles. The summed E-state index contributed by atoms with van der Waals surface area (Å²) < 4.78 is 5.19. The normalized spacial score (nSPS) is 21.2. The van der Waals surface area contributed by atoms with Crippen molar-refractivity contribution in [1.82, 2.24) is 4.90 Å². The van der Waals surface area contributed by atoms with Crippen molar-refractivity contribution in [2.45, 2.75) is 18.5 Å². The van der Waals surface area contributed by atoms with Gasteiger partial charge in [0.25, 0.3) is 0 Å². The quantitative estimate of drug-likeness (QED) is 0.886. The predicted octanol–water partition coefficient (Wildman–Crippen LogP) is 2.13. The van der Waals surface area contributed by atoms with Crippen LogP contribution in [-0.4, -0.2) is 43.1 Å². The predicted molar refractivity (Wildman–Crippen MR) is 78.3 cm³/mol. The second kappa shape index (κ2) is 6.45. The largest absolute Gasteiger partial charge is 0.497 e. The number of ether oxygens (including phenoxy) is 1. The van der Waals surface area contributed by atoms with Gasteiger partial charge in [-0.3, -0.25) is 4.90 Å². The third-order valence-electron chi connectivity index (χ3n) is 3.70. The van der Waals surface area contributed by atoms with Crippen LogP contribution in [0.5, 0.6) is 5.75 Å². The van der Waals surface area contributed by atoms with Gasteiger partial charge in [0, 0.05) is 24.4 Å². The van der Waals surface area contributed by atoms with Gasteiger partial charge in [-0.15, -0.1) is 0 Å². The van der Waals surface area contributed by atoms with Crippen LogP contribution in [-0.2, 0) is 0 Å². The molecule has 0 spiro atoms. The van der Waals surface area contributed by atoms with Crippen molar-refractivity contribution in [3.8, 4) is 5.75 Å². The second-order valence-electron chi connectivity index (χ2n) is 4.71. The molecular formula is C14H22N2OS. The minimum atomic E-state index is 0.305. The Morgan fingerprint density at radius 3 is 2.67 bits per heavy atom. The first-order valence-electron chi connectivity index (χ1n) is 6.40. The summed E-state index contributed by atoms with van der Waals surface area (Å²) in [5.41, 5.74) is 7.24. The first kappa shape index (κ1) is 13.7. The monoisotopic (exact) mass is 266 g/mol. The molecule has 2 unspecified atom stereocenters. The maximum Gasteiger partial charge on any atom is 0.118 e. The second-order valence-corrected chi connectivity index (χ2v) is 5.86. The molecule has 1 aromatic carbocycles. The molecule has 1 aliphatic heterocycles. The summed E-state index contributed by atoms with van der Waals surface area (Å²) in [5, 5.41) is 0. The molecule has 3 nitrogen and oxygen atoms in total. The fraction of sp³-hybridized carbons (Fsp3) is 0.571. The van der Waals surface area contributed by atoms with E-state index in [2.05, 4.69) is 24.1 Å². The third kappa shape index (κ3) is 2.99. The third-order valence-corrected chi connectivity index (χ3v) is 4.84. The molecule has 1 fully saturated rings. The van der Waals surface area contributed by atoms with Crippen LogP contribution in [0.1, 0.15) is 18.0 Å². The number of rotatable bonds is 5. The van der Waals surface area contributed by atoms with E-state index in [9.17, 15) is 0 Å². The van der Waals surface area contributed by atoms with Crippen molar-refractivity contribution in [2.75, 3.05) is 32.2 Å². The maximum atomic E-state index is 5.96. The molecule has 0 amide bonds. The summed E-state index contributed by atoms with van der Waals surface area (Å²) >= 11 is 2.04. The molecule has 2 N–H and O–H groups in total. The summed E-state index contributed by atoms with van der Waals surface area (Å²) in [7, 11) is 3.88. The molecule has 0 aliphatic carbocycles. The van der Waals surface area contributed by atoms with Gasteiger partial charge in [0.2, 0.25) is 0 Å². The average Bonchev–Trinajstić information content (AvgIpc) is 2.94. The Morgan fingerprint density at radius 1 is 1.44 bits per heavy atom. The summed E-state index contributed by atoms with van der Waals surface area (Å²) in [5.74, 6) is 3.39. The van der Waals surface area contributed by atoms with E-state index in [0.717, 1.165) is 5.75 Å². The first-order valence-corrected chi connectivity index (χ1v) is 7.55. The van der Waals surface area contributed by atoms with Crippen LogP contribution in [0.2, 0.25) is 0 Å². The topological polar surface area (TPSA) is 38.5 Å². The van der Waals surface area contributed by atoms with E-state index in [1.54, 1.807) is 7.11 Å². The van der Waals surface area contributed by atoms with Crippen molar-refractivity contribution < 1.29 is 4.74 Å². The zero-order valence-electron chi connectivity index (χ0n) is 11.1. The lowest BCUT2D eigenvalue weighted by Crippen LogP contribution is -2.38. The van der Waals surface area contributed by atoms with E-state index in [1.165, 1.54) is 23.5 Å². The zero-order valence-corrected chi connectivity index (χ0v) is 12.0. The van der Waals surface area contributed by atoms with Crippen LogP contribution in [0.25, 0.3) is 0 Å². The highest BCUT2D eigenvalue weighted by Crippen LogP contribution is 2.28. The molecule has 1 aliphatic rings. The van der Waals surface area contributed by atoms with E-state index >= 15 is 0 Å². The molecule has 2 atom stereocenters. The summed E-state index contributed by atoms with van der Waals surface area (Å²) in [4.78, 5) is 2.43. The van der Waals surface area contributed by atoms with Crippen LogP contribution in [0, 0.1) is 0 Å². The number of hydrogen-bond acceptors (Lipinski definition) is 4. The van der Waals surface area contributed by atoms with E-state index in [4.69, 9.17) is 10.5 Å².